The summed E-state index contributed by atoms with van der Waals surface area (Å²) in [4.78, 5) is 19.0. The van der Waals surface area contributed by atoms with Crippen molar-refractivity contribution < 1.29 is 0 Å². The molecule has 1 unspecified atom stereocenters. The summed E-state index contributed by atoms with van der Waals surface area (Å²) in [5.74, 6) is 0.403. The fourth-order valence-corrected chi connectivity index (χ4v) is 5.15. The Balaban J connectivity index is 1.65. The Morgan fingerprint density at radius 3 is 2.51 bits per heavy atom. The molecule has 0 saturated carbocycles. The lowest BCUT2D eigenvalue weighted by atomic mass is 9.96. The van der Waals surface area contributed by atoms with Crippen molar-refractivity contribution in [3.63, 3.8) is 0 Å². The summed E-state index contributed by atoms with van der Waals surface area (Å²) >= 11 is 1.50. The molecule has 5 rings (SSSR count). The number of aryl methyl sites for hydroxylation is 1. The summed E-state index contributed by atoms with van der Waals surface area (Å²) in [7, 11) is 1.89. The summed E-state index contributed by atoms with van der Waals surface area (Å²) in [5, 5.41) is 6.96. The molecule has 0 spiro atoms. The highest BCUT2D eigenvalue weighted by Crippen LogP contribution is 2.23. The molecular formula is C28H29N5OS. The predicted octanol–water partition coefficient (Wildman–Crippen LogP) is 5.75. The van der Waals surface area contributed by atoms with Gasteiger partial charge >= 0.3 is 0 Å². The normalized spacial score (nSPS) is 16.4. The highest BCUT2D eigenvalue weighted by Gasteiger charge is 2.17. The monoisotopic (exact) mass is 483 g/mol. The standard InChI is InChI=1S/C28H29N5OS/c1-20-14-16-23(17-15-20)25-19-35-28(32(25)29-18-22-10-6-4-7-11-22)30-26-21(2)31(3)33(27(26)34)24-12-8-5-9-13-24/h4-6,8-9,12-19,22H,7,10-11H2,1-3H3. The first kappa shape index (κ1) is 23.1. The van der Waals surface area contributed by atoms with Gasteiger partial charge in [-0.1, -0.05) is 60.2 Å². The molecule has 2 aromatic heterocycles. The molecular weight excluding hydrogens is 454 g/mol. The van der Waals surface area contributed by atoms with E-state index in [9.17, 15) is 4.79 Å². The van der Waals surface area contributed by atoms with E-state index in [0.717, 1.165) is 41.9 Å². The molecule has 0 radical (unpaired) electrons. The van der Waals surface area contributed by atoms with Crippen LogP contribution in [0.2, 0.25) is 0 Å². The molecule has 1 aliphatic rings. The fraction of sp³-hybridized carbons (Fsp3) is 0.250. The zero-order valence-corrected chi connectivity index (χ0v) is 21.1. The van der Waals surface area contributed by atoms with Crippen LogP contribution < -0.4 is 10.4 Å². The van der Waals surface area contributed by atoms with Crippen LogP contribution in [0.4, 0.5) is 5.69 Å². The quantitative estimate of drug-likeness (QED) is 0.264. The number of benzene rings is 2. The molecule has 7 heteroatoms. The van der Waals surface area contributed by atoms with Crippen molar-refractivity contribution in [3.8, 4) is 16.9 Å². The minimum Gasteiger partial charge on any atom is -0.283 e. The van der Waals surface area contributed by atoms with E-state index in [1.54, 1.807) is 4.68 Å². The Bertz CT molecular complexity index is 1510. The van der Waals surface area contributed by atoms with Gasteiger partial charge < -0.3 is 0 Å². The third-order valence-electron chi connectivity index (χ3n) is 6.47. The van der Waals surface area contributed by atoms with Gasteiger partial charge in [0, 0.05) is 24.2 Å². The van der Waals surface area contributed by atoms with Crippen molar-refractivity contribution in [1.82, 2.24) is 14.0 Å². The molecule has 0 N–H and O–H groups in total. The second-order valence-corrected chi connectivity index (χ2v) is 9.75. The molecule has 0 fully saturated rings. The van der Waals surface area contributed by atoms with Crippen LogP contribution in [0.5, 0.6) is 0 Å². The van der Waals surface area contributed by atoms with E-state index in [4.69, 9.17) is 10.1 Å². The lowest BCUT2D eigenvalue weighted by Gasteiger charge is -2.12. The lowest BCUT2D eigenvalue weighted by Crippen LogP contribution is -2.20. The van der Waals surface area contributed by atoms with Gasteiger partial charge in [0.1, 0.15) is 0 Å². The van der Waals surface area contributed by atoms with Crippen molar-refractivity contribution in [1.29, 1.82) is 0 Å². The molecule has 2 heterocycles. The van der Waals surface area contributed by atoms with Crippen LogP contribution in [0.1, 0.15) is 30.5 Å². The second-order valence-electron chi connectivity index (χ2n) is 8.91. The molecule has 0 amide bonds. The Kier molecular flexibility index (Phi) is 6.51. The van der Waals surface area contributed by atoms with Gasteiger partial charge in [-0.15, -0.1) is 11.3 Å². The topological polar surface area (TPSA) is 56.6 Å². The molecule has 178 valence electrons. The van der Waals surface area contributed by atoms with Gasteiger partial charge in [-0.25, -0.2) is 14.4 Å². The van der Waals surface area contributed by atoms with Crippen molar-refractivity contribution in [2.45, 2.75) is 33.1 Å². The molecule has 1 atom stereocenters. The van der Waals surface area contributed by atoms with Gasteiger partial charge in [-0.2, -0.15) is 5.10 Å². The summed E-state index contributed by atoms with van der Waals surface area (Å²) in [5.41, 5.74) is 5.14. The van der Waals surface area contributed by atoms with Gasteiger partial charge in [0.05, 0.1) is 17.1 Å². The number of aromatic nitrogens is 3. The minimum absolute atomic E-state index is 0.144. The number of rotatable bonds is 5. The Hall–Kier alpha value is -3.71. The molecule has 0 saturated heterocycles. The summed E-state index contributed by atoms with van der Waals surface area (Å²) in [6.45, 7) is 4.01. The third-order valence-corrected chi connectivity index (χ3v) is 7.28. The van der Waals surface area contributed by atoms with Crippen LogP contribution in [0.25, 0.3) is 16.9 Å². The van der Waals surface area contributed by atoms with E-state index in [1.807, 2.05) is 59.9 Å². The van der Waals surface area contributed by atoms with Gasteiger partial charge in [-0.05, 0) is 51.2 Å². The Labute approximate surface area is 208 Å². The van der Waals surface area contributed by atoms with Crippen molar-refractivity contribution in [2.75, 3.05) is 0 Å². The molecule has 35 heavy (non-hydrogen) atoms. The Morgan fingerprint density at radius 2 is 1.80 bits per heavy atom. The van der Waals surface area contributed by atoms with Gasteiger partial charge in [0.2, 0.25) is 4.80 Å². The average Bonchev–Trinajstić information content (AvgIpc) is 3.38. The fourth-order valence-electron chi connectivity index (χ4n) is 4.30. The lowest BCUT2D eigenvalue weighted by molar-refractivity contribution is 0.622. The third kappa shape index (κ3) is 4.64. The van der Waals surface area contributed by atoms with E-state index >= 15 is 0 Å². The van der Waals surface area contributed by atoms with Crippen LogP contribution >= 0.6 is 11.3 Å². The van der Waals surface area contributed by atoms with E-state index in [-0.39, 0.29) is 5.56 Å². The molecule has 2 aromatic carbocycles. The minimum atomic E-state index is -0.144. The van der Waals surface area contributed by atoms with Crippen molar-refractivity contribution in [2.24, 2.45) is 23.1 Å². The number of hydrogen-bond acceptors (Lipinski definition) is 4. The maximum atomic E-state index is 13.4. The summed E-state index contributed by atoms with van der Waals surface area (Å²) < 4.78 is 5.39. The van der Waals surface area contributed by atoms with E-state index in [1.165, 1.54) is 16.9 Å². The first-order chi connectivity index (χ1) is 17.0. The van der Waals surface area contributed by atoms with Crippen LogP contribution in [0.15, 0.2) is 87.0 Å². The molecule has 1 aliphatic carbocycles. The summed E-state index contributed by atoms with van der Waals surface area (Å²) in [6.07, 6.45) is 9.67. The Morgan fingerprint density at radius 1 is 1.03 bits per heavy atom. The average molecular weight is 484 g/mol. The SMILES string of the molecule is Cc1ccc(-c2csc(=Nc3c(C)n(C)n(-c4ccccc4)c3=O)n2N=CC2CC=CCC2)cc1. The van der Waals surface area contributed by atoms with Gasteiger partial charge in [0.25, 0.3) is 5.56 Å². The maximum absolute atomic E-state index is 13.4. The number of para-hydroxylation sites is 1. The van der Waals surface area contributed by atoms with E-state index in [0.29, 0.717) is 16.4 Å². The van der Waals surface area contributed by atoms with Crippen molar-refractivity contribution >= 4 is 23.2 Å². The molecule has 0 aliphatic heterocycles. The maximum Gasteiger partial charge on any atom is 0.297 e. The molecule has 0 bridgehead atoms. The number of thiazole rings is 1. The van der Waals surface area contributed by atoms with Crippen LogP contribution in [-0.4, -0.2) is 20.3 Å². The van der Waals surface area contributed by atoms with Gasteiger partial charge in [-0.3, -0.25) is 9.48 Å². The zero-order chi connectivity index (χ0) is 24.4. The number of allylic oxidation sites excluding steroid dienone is 2. The van der Waals surface area contributed by atoms with E-state index in [2.05, 4.69) is 48.7 Å². The zero-order valence-electron chi connectivity index (χ0n) is 20.3. The predicted molar refractivity (Wildman–Crippen MR) is 144 cm³/mol. The smallest absolute Gasteiger partial charge is 0.283 e. The van der Waals surface area contributed by atoms with Crippen molar-refractivity contribution in [3.05, 3.63) is 98.5 Å². The first-order valence-electron chi connectivity index (χ1n) is 11.9. The van der Waals surface area contributed by atoms with Crippen LogP contribution in [0.3, 0.4) is 0 Å². The highest BCUT2D eigenvalue weighted by molar-refractivity contribution is 7.07. The highest BCUT2D eigenvalue weighted by atomic mass is 32.1. The number of hydrogen-bond donors (Lipinski definition) is 0. The van der Waals surface area contributed by atoms with Crippen LogP contribution in [0, 0.1) is 19.8 Å². The largest absolute Gasteiger partial charge is 0.297 e. The molecule has 6 nitrogen and oxygen atoms in total. The van der Waals surface area contributed by atoms with E-state index < -0.39 is 0 Å². The van der Waals surface area contributed by atoms with Gasteiger partial charge in [0.15, 0.2) is 5.69 Å². The first-order valence-corrected chi connectivity index (χ1v) is 12.8. The second kappa shape index (κ2) is 9.88. The molecule has 4 aromatic rings. The van der Waals surface area contributed by atoms with Crippen LogP contribution in [-0.2, 0) is 7.05 Å². The number of nitrogens with zero attached hydrogens (tertiary/aromatic N) is 5. The summed E-state index contributed by atoms with van der Waals surface area (Å²) in [6, 6.07) is 18.1.